The molecule has 2 atom stereocenters. The number of hydrogen-bond donors (Lipinski definition) is 2. The van der Waals surface area contributed by atoms with E-state index in [-0.39, 0.29) is 0 Å². The van der Waals surface area contributed by atoms with Gasteiger partial charge in [0.1, 0.15) is 0 Å². The summed E-state index contributed by atoms with van der Waals surface area (Å²) in [4.78, 5) is 7.13. The molecular formula is C9H17N3. The lowest BCUT2D eigenvalue weighted by molar-refractivity contribution is 0.492. The summed E-state index contributed by atoms with van der Waals surface area (Å²) in [5.74, 6) is 1.54. The van der Waals surface area contributed by atoms with Crippen molar-refractivity contribution in [3.8, 4) is 0 Å². The van der Waals surface area contributed by atoms with E-state index in [1.54, 1.807) is 6.20 Å². The van der Waals surface area contributed by atoms with E-state index in [0.29, 0.717) is 12.0 Å². The molecule has 1 rings (SSSR count). The van der Waals surface area contributed by atoms with Crippen LogP contribution >= 0.6 is 0 Å². The van der Waals surface area contributed by atoms with Gasteiger partial charge in [0.15, 0.2) is 5.95 Å². The molecule has 0 aromatic carbocycles. The summed E-state index contributed by atoms with van der Waals surface area (Å²) in [7, 11) is 0. The molecule has 68 valence electrons. The van der Waals surface area contributed by atoms with E-state index in [1.807, 2.05) is 6.20 Å². The fourth-order valence-corrected chi connectivity index (χ4v) is 1.06. The lowest BCUT2D eigenvalue weighted by Crippen LogP contribution is -2.23. The maximum atomic E-state index is 4.11. The molecule has 0 amide bonds. The highest BCUT2D eigenvalue weighted by molar-refractivity contribution is 5.24. The average Bonchev–Trinajstić information content (AvgIpc) is 2.55. The van der Waals surface area contributed by atoms with E-state index in [4.69, 9.17) is 0 Å². The minimum atomic E-state index is 0.473. The molecule has 1 aromatic rings. The maximum Gasteiger partial charge on any atom is 0.200 e. The van der Waals surface area contributed by atoms with Crippen LogP contribution in [0.4, 0.5) is 5.95 Å². The Morgan fingerprint density at radius 3 is 2.83 bits per heavy atom. The van der Waals surface area contributed by atoms with Gasteiger partial charge in [0.2, 0.25) is 0 Å². The molecule has 2 N–H and O–H groups in total. The van der Waals surface area contributed by atoms with Gasteiger partial charge in [-0.05, 0) is 12.8 Å². The molecule has 0 aliphatic carbocycles. The molecule has 1 aromatic heterocycles. The fraction of sp³-hybridized carbons (Fsp3) is 0.667. The van der Waals surface area contributed by atoms with Gasteiger partial charge in [-0.3, -0.25) is 0 Å². The van der Waals surface area contributed by atoms with Gasteiger partial charge in [0.05, 0.1) is 0 Å². The number of anilines is 1. The van der Waals surface area contributed by atoms with Crippen molar-refractivity contribution in [2.45, 2.75) is 33.2 Å². The third kappa shape index (κ3) is 2.26. The molecule has 2 unspecified atom stereocenters. The molecule has 3 nitrogen and oxygen atoms in total. The van der Waals surface area contributed by atoms with Gasteiger partial charge in [0, 0.05) is 18.4 Å². The van der Waals surface area contributed by atoms with Crippen LogP contribution in [-0.2, 0) is 0 Å². The van der Waals surface area contributed by atoms with Crippen LogP contribution in [-0.4, -0.2) is 16.0 Å². The van der Waals surface area contributed by atoms with E-state index < -0.39 is 0 Å². The number of nitrogens with zero attached hydrogens (tertiary/aromatic N) is 1. The van der Waals surface area contributed by atoms with Crippen molar-refractivity contribution in [3.63, 3.8) is 0 Å². The van der Waals surface area contributed by atoms with Gasteiger partial charge in [-0.2, -0.15) is 0 Å². The molecular weight excluding hydrogens is 150 g/mol. The summed E-state index contributed by atoms with van der Waals surface area (Å²) in [6.45, 7) is 6.61. The third-order valence-electron chi connectivity index (χ3n) is 2.36. The largest absolute Gasteiger partial charge is 0.353 e. The Morgan fingerprint density at radius 2 is 2.33 bits per heavy atom. The van der Waals surface area contributed by atoms with Crippen LogP contribution in [0.25, 0.3) is 0 Å². The van der Waals surface area contributed by atoms with E-state index in [9.17, 15) is 0 Å². The van der Waals surface area contributed by atoms with Crippen molar-refractivity contribution in [2.75, 3.05) is 5.32 Å². The van der Waals surface area contributed by atoms with Crippen LogP contribution in [0.3, 0.4) is 0 Å². The first-order chi connectivity index (χ1) is 5.74. The maximum absolute atomic E-state index is 4.11. The van der Waals surface area contributed by atoms with Crippen molar-refractivity contribution < 1.29 is 0 Å². The Kier molecular flexibility index (Phi) is 3.14. The summed E-state index contributed by atoms with van der Waals surface area (Å²) in [6.07, 6.45) is 4.77. The van der Waals surface area contributed by atoms with Gasteiger partial charge in [0.25, 0.3) is 0 Å². The number of rotatable bonds is 4. The summed E-state index contributed by atoms with van der Waals surface area (Å²) in [6, 6.07) is 0.473. The molecule has 1 heterocycles. The first-order valence-corrected chi connectivity index (χ1v) is 4.50. The Bertz CT molecular complexity index is 206. The zero-order valence-electron chi connectivity index (χ0n) is 7.96. The van der Waals surface area contributed by atoms with Crippen LogP contribution < -0.4 is 5.32 Å². The summed E-state index contributed by atoms with van der Waals surface area (Å²) < 4.78 is 0. The molecule has 0 aliphatic heterocycles. The number of aromatic nitrogens is 2. The SMILES string of the molecule is CCC(C)C(C)Nc1ncc[nH]1. The quantitative estimate of drug-likeness (QED) is 0.722. The minimum Gasteiger partial charge on any atom is -0.353 e. The van der Waals surface area contributed by atoms with Crippen molar-refractivity contribution in [1.29, 1.82) is 0 Å². The van der Waals surface area contributed by atoms with E-state index in [1.165, 1.54) is 6.42 Å². The van der Waals surface area contributed by atoms with Crippen LogP contribution in [0.2, 0.25) is 0 Å². The summed E-state index contributed by atoms with van der Waals surface area (Å²) >= 11 is 0. The molecule has 12 heavy (non-hydrogen) atoms. The van der Waals surface area contributed by atoms with Gasteiger partial charge in [-0.1, -0.05) is 20.3 Å². The van der Waals surface area contributed by atoms with Crippen molar-refractivity contribution in [3.05, 3.63) is 12.4 Å². The monoisotopic (exact) mass is 167 g/mol. The Hall–Kier alpha value is -0.990. The molecule has 0 radical (unpaired) electrons. The van der Waals surface area contributed by atoms with Gasteiger partial charge in [-0.15, -0.1) is 0 Å². The van der Waals surface area contributed by atoms with Crippen LogP contribution in [0.15, 0.2) is 12.4 Å². The van der Waals surface area contributed by atoms with E-state index >= 15 is 0 Å². The molecule has 0 saturated heterocycles. The minimum absolute atomic E-state index is 0.473. The highest BCUT2D eigenvalue weighted by atomic mass is 15.1. The van der Waals surface area contributed by atoms with Crippen molar-refractivity contribution in [1.82, 2.24) is 9.97 Å². The number of imidazole rings is 1. The molecule has 0 fully saturated rings. The fourth-order valence-electron chi connectivity index (χ4n) is 1.06. The second-order valence-corrected chi connectivity index (χ2v) is 3.26. The van der Waals surface area contributed by atoms with Gasteiger partial charge in [-0.25, -0.2) is 4.98 Å². The van der Waals surface area contributed by atoms with Crippen LogP contribution in [0.1, 0.15) is 27.2 Å². The molecule has 0 spiro atoms. The highest BCUT2D eigenvalue weighted by Gasteiger charge is 2.09. The van der Waals surface area contributed by atoms with Gasteiger partial charge < -0.3 is 10.3 Å². The predicted octanol–water partition coefficient (Wildman–Crippen LogP) is 2.26. The molecule has 0 aliphatic rings. The topological polar surface area (TPSA) is 40.7 Å². The summed E-state index contributed by atoms with van der Waals surface area (Å²) in [5, 5.41) is 3.31. The summed E-state index contributed by atoms with van der Waals surface area (Å²) in [5.41, 5.74) is 0. The number of hydrogen-bond acceptors (Lipinski definition) is 2. The third-order valence-corrected chi connectivity index (χ3v) is 2.36. The van der Waals surface area contributed by atoms with Gasteiger partial charge >= 0.3 is 0 Å². The standard InChI is InChI=1S/C9H17N3/c1-4-7(2)8(3)12-9-10-5-6-11-9/h5-8H,4H2,1-3H3,(H2,10,11,12). The lowest BCUT2D eigenvalue weighted by Gasteiger charge is -2.18. The van der Waals surface area contributed by atoms with Crippen molar-refractivity contribution in [2.24, 2.45) is 5.92 Å². The van der Waals surface area contributed by atoms with E-state index in [0.717, 1.165) is 5.95 Å². The number of H-pyrrole nitrogens is 1. The number of nitrogens with one attached hydrogen (secondary N) is 2. The zero-order valence-corrected chi connectivity index (χ0v) is 7.96. The van der Waals surface area contributed by atoms with E-state index in [2.05, 4.69) is 36.1 Å². The zero-order chi connectivity index (χ0) is 8.97. The smallest absolute Gasteiger partial charge is 0.200 e. The number of aromatic amines is 1. The first-order valence-electron chi connectivity index (χ1n) is 4.50. The van der Waals surface area contributed by atoms with Crippen LogP contribution in [0, 0.1) is 5.92 Å². The van der Waals surface area contributed by atoms with Crippen molar-refractivity contribution >= 4 is 5.95 Å². The lowest BCUT2D eigenvalue weighted by atomic mass is 10.0. The van der Waals surface area contributed by atoms with Crippen LogP contribution in [0.5, 0.6) is 0 Å². The Labute approximate surface area is 73.6 Å². The molecule has 3 heteroatoms. The Morgan fingerprint density at radius 1 is 1.58 bits per heavy atom. The second kappa shape index (κ2) is 4.14. The molecule has 0 saturated carbocycles. The first kappa shape index (κ1) is 9.10. The normalized spacial score (nSPS) is 15.6. The predicted molar refractivity (Wildman–Crippen MR) is 51.1 cm³/mol. The average molecular weight is 167 g/mol. The molecule has 0 bridgehead atoms. The Balaban J connectivity index is 2.41. The highest BCUT2D eigenvalue weighted by Crippen LogP contribution is 2.10. The second-order valence-electron chi connectivity index (χ2n) is 3.26.